The van der Waals surface area contributed by atoms with Crippen molar-refractivity contribution in [2.24, 2.45) is 0 Å². The van der Waals surface area contributed by atoms with E-state index in [1.165, 1.54) is 37.9 Å². The van der Waals surface area contributed by atoms with Crippen LogP contribution in [0.25, 0.3) is 22.0 Å². The fourth-order valence-electron chi connectivity index (χ4n) is 6.18. The van der Waals surface area contributed by atoms with Gasteiger partial charge in [-0.05, 0) is 98.9 Å². The molecule has 1 N–H and O–H groups in total. The van der Waals surface area contributed by atoms with Crippen molar-refractivity contribution in [1.29, 1.82) is 0 Å². The molecule has 2 aliphatic rings. The van der Waals surface area contributed by atoms with Gasteiger partial charge in [-0.15, -0.1) is 47.4 Å². The average molecular weight is 691 g/mol. The maximum absolute atomic E-state index is 6.02. The molecule has 4 aromatic rings. The number of methoxy groups -OCH3 is 2. The molecule has 0 saturated carbocycles. The van der Waals surface area contributed by atoms with E-state index in [0.717, 1.165) is 90.7 Å². The van der Waals surface area contributed by atoms with Crippen LogP contribution in [0.3, 0.4) is 0 Å². The van der Waals surface area contributed by atoms with Crippen molar-refractivity contribution in [1.82, 2.24) is 20.0 Å². The molecule has 0 bridgehead atoms. The third-order valence-corrected chi connectivity index (χ3v) is 8.73. The molecule has 0 unspecified atom stereocenters. The average Bonchev–Trinajstić information content (AvgIpc) is 3.07. The van der Waals surface area contributed by atoms with Crippen molar-refractivity contribution in [2.75, 3.05) is 58.9 Å². The maximum Gasteiger partial charge on any atom is 0.156 e. The van der Waals surface area contributed by atoms with Crippen LogP contribution in [0.4, 0.5) is 5.82 Å². The molecule has 11 heteroatoms. The summed E-state index contributed by atoms with van der Waals surface area (Å²) in [4.78, 5) is 5.05. The molecule has 0 atom stereocenters. The molecule has 0 aliphatic carbocycles. The maximum atomic E-state index is 6.02. The van der Waals surface area contributed by atoms with Crippen LogP contribution in [0.1, 0.15) is 37.7 Å². The van der Waals surface area contributed by atoms with Crippen LogP contribution in [0, 0.1) is 0 Å². The highest BCUT2D eigenvalue weighted by Crippen LogP contribution is 2.34. The Balaban J connectivity index is 0.00000192. The topological polar surface area (TPSA) is 72.0 Å². The highest BCUT2D eigenvalue weighted by atomic mass is 35.5. The Morgan fingerprint density at radius 1 is 0.696 bits per heavy atom. The lowest BCUT2D eigenvalue weighted by atomic mass is 10.0. The van der Waals surface area contributed by atoms with Gasteiger partial charge in [0.15, 0.2) is 5.82 Å². The number of fused-ring (bicyclic) bond motifs is 1. The highest BCUT2D eigenvalue weighted by molar-refractivity contribution is 6.00. The summed E-state index contributed by atoms with van der Waals surface area (Å²) in [6.07, 6.45) is 6.10. The zero-order chi connectivity index (χ0) is 29.4. The number of nitrogens with one attached hydrogen (secondary N) is 1. The van der Waals surface area contributed by atoms with Gasteiger partial charge in [0.1, 0.15) is 29.5 Å². The minimum atomic E-state index is 0. The van der Waals surface area contributed by atoms with E-state index in [1.807, 2.05) is 30.3 Å². The second kappa shape index (κ2) is 18.4. The largest absolute Gasteiger partial charge is 0.497 e. The molecule has 2 fully saturated rings. The van der Waals surface area contributed by atoms with Gasteiger partial charge in [-0.25, -0.2) is 0 Å². The number of ether oxygens (including phenoxy) is 3. The summed E-state index contributed by atoms with van der Waals surface area (Å²) in [5, 5.41) is 15.1. The van der Waals surface area contributed by atoms with Crippen molar-refractivity contribution in [3.63, 3.8) is 0 Å². The second-order valence-electron chi connectivity index (χ2n) is 11.6. The second-order valence-corrected chi connectivity index (χ2v) is 11.6. The van der Waals surface area contributed by atoms with E-state index in [1.54, 1.807) is 14.2 Å². The fraction of sp³-hybridized carbons (Fsp3) is 0.429. The van der Waals surface area contributed by atoms with Crippen molar-refractivity contribution in [3.05, 3.63) is 72.3 Å². The molecule has 3 aromatic carbocycles. The first-order valence-electron chi connectivity index (χ1n) is 15.6. The number of anilines is 1. The molecule has 6 rings (SSSR count). The molecule has 1 aromatic heterocycles. The molecule has 46 heavy (non-hydrogen) atoms. The Kier molecular flexibility index (Phi) is 14.9. The molecule has 0 radical (unpaired) electrons. The van der Waals surface area contributed by atoms with Gasteiger partial charge in [0.25, 0.3) is 0 Å². The summed E-state index contributed by atoms with van der Waals surface area (Å²) >= 11 is 0. The van der Waals surface area contributed by atoms with Crippen LogP contribution in [0.2, 0.25) is 0 Å². The van der Waals surface area contributed by atoms with Gasteiger partial charge in [0.05, 0.1) is 14.2 Å². The van der Waals surface area contributed by atoms with E-state index >= 15 is 0 Å². The number of halogens is 3. The summed E-state index contributed by atoms with van der Waals surface area (Å²) < 4.78 is 16.9. The minimum Gasteiger partial charge on any atom is -0.497 e. The molecule has 0 amide bonds. The first-order valence-corrected chi connectivity index (χ1v) is 15.6. The van der Waals surface area contributed by atoms with Crippen molar-refractivity contribution in [3.8, 4) is 28.5 Å². The number of rotatable bonds is 11. The molecule has 0 spiro atoms. The van der Waals surface area contributed by atoms with Gasteiger partial charge in [-0.1, -0.05) is 18.6 Å². The zero-order valence-electron chi connectivity index (χ0n) is 26.7. The van der Waals surface area contributed by atoms with Gasteiger partial charge in [-0.2, -0.15) is 0 Å². The van der Waals surface area contributed by atoms with E-state index in [9.17, 15) is 0 Å². The van der Waals surface area contributed by atoms with Crippen LogP contribution in [0.15, 0.2) is 66.7 Å². The Morgan fingerprint density at radius 3 is 2.02 bits per heavy atom. The first-order chi connectivity index (χ1) is 21.2. The SMILES string of the molecule is COc1ccc(-c2nnc(NC3CCN(Cc4ccc(OCCN5CCCCC5)cc4)CC3)c3cc(OC)ccc23)cc1.Cl.Cl.Cl. The monoisotopic (exact) mass is 689 g/mol. The smallest absolute Gasteiger partial charge is 0.156 e. The predicted molar refractivity (Wildman–Crippen MR) is 194 cm³/mol. The molecule has 250 valence electrons. The number of hydrogen-bond donors (Lipinski definition) is 1. The Bertz CT molecular complexity index is 1480. The lowest BCUT2D eigenvalue weighted by Gasteiger charge is -2.32. The van der Waals surface area contributed by atoms with Gasteiger partial charge in [0.2, 0.25) is 0 Å². The van der Waals surface area contributed by atoms with Crippen molar-refractivity contribution < 1.29 is 14.2 Å². The van der Waals surface area contributed by atoms with E-state index in [-0.39, 0.29) is 37.2 Å². The van der Waals surface area contributed by atoms with Gasteiger partial charge in [-0.3, -0.25) is 9.80 Å². The summed E-state index contributed by atoms with van der Waals surface area (Å²) in [6.45, 7) is 7.23. The van der Waals surface area contributed by atoms with Crippen molar-refractivity contribution >= 4 is 53.8 Å². The van der Waals surface area contributed by atoms with Crippen LogP contribution >= 0.6 is 37.2 Å². The molecular formula is C35H46Cl3N5O3. The van der Waals surface area contributed by atoms with Crippen LogP contribution in [-0.4, -0.2) is 79.6 Å². The van der Waals surface area contributed by atoms with Crippen LogP contribution < -0.4 is 19.5 Å². The van der Waals surface area contributed by atoms with Gasteiger partial charge >= 0.3 is 0 Å². The summed E-state index contributed by atoms with van der Waals surface area (Å²) in [7, 11) is 3.37. The molecule has 2 aliphatic heterocycles. The number of hydrogen-bond acceptors (Lipinski definition) is 8. The Labute approximate surface area is 291 Å². The molecule has 8 nitrogen and oxygen atoms in total. The van der Waals surface area contributed by atoms with E-state index < -0.39 is 0 Å². The minimum absolute atomic E-state index is 0. The van der Waals surface area contributed by atoms with Gasteiger partial charge < -0.3 is 19.5 Å². The lowest BCUT2D eigenvalue weighted by Crippen LogP contribution is -2.38. The summed E-state index contributed by atoms with van der Waals surface area (Å²) in [5.74, 6) is 3.39. The molecule has 2 saturated heterocycles. The van der Waals surface area contributed by atoms with Crippen molar-refractivity contribution in [2.45, 2.75) is 44.7 Å². The number of nitrogens with zero attached hydrogens (tertiary/aromatic N) is 4. The van der Waals surface area contributed by atoms with Crippen LogP contribution in [-0.2, 0) is 6.54 Å². The normalized spacial score (nSPS) is 15.6. The molecule has 3 heterocycles. The summed E-state index contributed by atoms with van der Waals surface area (Å²) in [5.41, 5.74) is 3.17. The number of piperidine rings is 2. The van der Waals surface area contributed by atoms with E-state index in [2.05, 4.69) is 61.7 Å². The standard InChI is InChI=1S/C35H43N5O3.3ClH/c1-41-29-12-8-27(9-13-29)34-32-15-14-31(42-2)24-33(32)35(38-37-34)36-28-16-20-40(21-17-28)25-26-6-10-30(11-7-26)43-23-22-39-18-4-3-5-19-39;;;/h6-15,24,28H,3-5,16-23,25H2,1-2H3,(H,36,38);3*1H. The first kappa shape index (κ1) is 37.4. The highest BCUT2D eigenvalue weighted by Gasteiger charge is 2.21. The Morgan fingerprint density at radius 2 is 1.35 bits per heavy atom. The fourth-order valence-corrected chi connectivity index (χ4v) is 6.18. The van der Waals surface area contributed by atoms with Gasteiger partial charge in [0, 0.05) is 48.6 Å². The number of benzene rings is 3. The third kappa shape index (κ3) is 9.52. The number of likely N-dealkylation sites (tertiary alicyclic amines) is 2. The zero-order valence-corrected chi connectivity index (χ0v) is 29.1. The number of aromatic nitrogens is 2. The molecular weight excluding hydrogens is 645 g/mol. The van der Waals surface area contributed by atoms with E-state index in [4.69, 9.17) is 14.2 Å². The predicted octanol–water partition coefficient (Wildman–Crippen LogP) is 7.52. The third-order valence-electron chi connectivity index (χ3n) is 8.73. The van der Waals surface area contributed by atoms with Crippen LogP contribution in [0.5, 0.6) is 17.2 Å². The Hall–Kier alpha value is -3.01. The quantitative estimate of drug-likeness (QED) is 0.173. The summed E-state index contributed by atoms with van der Waals surface area (Å²) in [6, 6.07) is 23.0. The van der Waals surface area contributed by atoms with E-state index in [0.29, 0.717) is 6.04 Å². The lowest BCUT2D eigenvalue weighted by molar-refractivity contribution is 0.183.